The van der Waals surface area contributed by atoms with Crippen molar-refractivity contribution in [3.05, 3.63) is 27.7 Å². The van der Waals surface area contributed by atoms with Crippen molar-refractivity contribution in [2.24, 2.45) is 5.73 Å². The summed E-state index contributed by atoms with van der Waals surface area (Å²) in [5.41, 5.74) is 8.07. The topological polar surface area (TPSA) is 52.3 Å². The van der Waals surface area contributed by atoms with E-state index < -0.39 is 0 Å². The van der Waals surface area contributed by atoms with Gasteiger partial charge in [0.1, 0.15) is 5.75 Å². The Kier molecular flexibility index (Phi) is 4.99. The zero-order valence-corrected chi connectivity index (χ0v) is 12.8. The normalized spacial score (nSPS) is 14.9. The lowest BCUT2D eigenvalue weighted by atomic mass is 9.98. The van der Waals surface area contributed by atoms with E-state index in [1.807, 2.05) is 6.07 Å². The van der Waals surface area contributed by atoms with E-state index in [1.54, 1.807) is 0 Å². The van der Waals surface area contributed by atoms with E-state index in [4.69, 9.17) is 10.5 Å². The van der Waals surface area contributed by atoms with Crippen LogP contribution in [0.4, 0.5) is 0 Å². The van der Waals surface area contributed by atoms with E-state index in [2.05, 4.69) is 28.9 Å². The summed E-state index contributed by atoms with van der Waals surface area (Å²) in [6, 6.07) is 3.68. The standard InChI is InChI=1S/C15H20BrNO2/c1-2-3-4-13(17)14(18)9-11-8-12(16)7-10-5-6-19-15(10)11/h7-8,13H,2-6,9,17H2,1H3. The lowest BCUT2D eigenvalue weighted by molar-refractivity contribution is -0.119. The fraction of sp³-hybridized carbons (Fsp3) is 0.533. The van der Waals surface area contributed by atoms with Gasteiger partial charge in [0.25, 0.3) is 0 Å². The Bertz CT molecular complexity index is 473. The van der Waals surface area contributed by atoms with Gasteiger partial charge in [-0.3, -0.25) is 4.79 Å². The van der Waals surface area contributed by atoms with Gasteiger partial charge in [0, 0.05) is 22.9 Å². The van der Waals surface area contributed by atoms with Crippen LogP contribution in [0.15, 0.2) is 16.6 Å². The van der Waals surface area contributed by atoms with Gasteiger partial charge in [-0.05, 0) is 24.1 Å². The Morgan fingerprint density at radius 3 is 3.05 bits per heavy atom. The van der Waals surface area contributed by atoms with Gasteiger partial charge in [-0.2, -0.15) is 0 Å². The fourth-order valence-corrected chi connectivity index (χ4v) is 2.93. The summed E-state index contributed by atoms with van der Waals surface area (Å²) in [7, 11) is 0. The molecule has 0 saturated carbocycles. The maximum Gasteiger partial charge on any atom is 0.154 e. The molecule has 0 aliphatic carbocycles. The van der Waals surface area contributed by atoms with Crippen LogP contribution in [0.25, 0.3) is 0 Å². The van der Waals surface area contributed by atoms with Crippen molar-refractivity contribution < 1.29 is 9.53 Å². The number of Topliss-reactive ketones (excluding diaryl/α,β-unsaturated/α-hetero) is 1. The summed E-state index contributed by atoms with van der Waals surface area (Å²) in [4.78, 5) is 12.1. The second-order valence-electron chi connectivity index (χ2n) is 5.04. The van der Waals surface area contributed by atoms with Gasteiger partial charge in [0.05, 0.1) is 12.6 Å². The molecule has 0 amide bonds. The Labute approximate surface area is 122 Å². The van der Waals surface area contributed by atoms with Crippen LogP contribution in [-0.4, -0.2) is 18.4 Å². The summed E-state index contributed by atoms with van der Waals surface area (Å²) < 4.78 is 6.63. The first kappa shape index (κ1) is 14.5. The number of hydrogen-bond acceptors (Lipinski definition) is 3. The van der Waals surface area contributed by atoms with Crippen molar-refractivity contribution in [1.82, 2.24) is 0 Å². The molecule has 0 aromatic heterocycles. The van der Waals surface area contributed by atoms with E-state index in [1.165, 1.54) is 5.56 Å². The van der Waals surface area contributed by atoms with Gasteiger partial charge in [-0.15, -0.1) is 0 Å². The van der Waals surface area contributed by atoms with Crippen molar-refractivity contribution in [3.63, 3.8) is 0 Å². The Hall–Kier alpha value is -0.870. The summed E-state index contributed by atoms with van der Waals surface area (Å²) in [6.07, 6.45) is 4.12. The SMILES string of the molecule is CCCCC(N)C(=O)Cc1cc(Br)cc2c1OCC2. The average Bonchev–Trinajstić information content (AvgIpc) is 2.83. The van der Waals surface area contributed by atoms with Gasteiger partial charge in [0.15, 0.2) is 5.78 Å². The summed E-state index contributed by atoms with van der Waals surface area (Å²) in [5.74, 6) is 0.989. The molecule has 2 N–H and O–H groups in total. The third-order valence-corrected chi connectivity index (χ3v) is 3.93. The number of ether oxygens (including phenoxy) is 1. The van der Waals surface area contributed by atoms with Crippen molar-refractivity contribution in [1.29, 1.82) is 0 Å². The largest absolute Gasteiger partial charge is 0.493 e. The quantitative estimate of drug-likeness (QED) is 0.874. The first-order chi connectivity index (χ1) is 9.11. The zero-order chi connectivity index (χ0) is 13.8. The van der Waals surface area contributed by atoms with E-state index >= 15 is 0 Å². The third kappa shape index (κ3) is 3.57. The predicted octanol–water partition coefficient (Wildman–Crippen LogP) is 3.01. The van der Waals surface area contributed by atoms with Crippen molar-refractivity contribution >= 4 is 21.7 Å². The molecule has 0 radical (unpaired) electrons. The number of halogens is 1. The van der Waals surface area contributed by atoms with E-state index in [9.17, 15) is 4.79 Å². The minimum atomic E-state index is -0.351. The molecule has 19 heavy (non-hydrogen) atoms. The molecule has 1 aromatic rings. The van der Waals surface area contributed by atoms with Gasteiger partial charge in [-0.1, -0.05) is 35.7 Å². The molecule has 0 fully saturated rings. The van der Waals surface area contributed by atoms with Crippen LogP contribution in [0.2, 0.25) is 0 Å². The zero-order valence-electron chi connectivity index (χ0n) is 11.2. The van der Waals surface area contributed by atoms with E-state index in [0.717, 1.165) is 41.5 Å². The minimum absolute atomic E-state index is 0.101. The second kappa shape index (κ2) is 6.53. The first-order valence-corrected chi connectivity index (χ1v) is 7.63. The maximum atomic E-state index is 12.1. The number of carbonyl (C=O) groups excluding carboxylic acids is 1. The number of ketones is 1. The number of nitrogens with two attached hydrogens (primary N) is 1. The minimum Gasteiger partial charge on any atom is -0.493 e. The highest BCUT2D eigenvalue weighted by atomic mass is 79.9. The Balaban J connectivity index is 2.09. The summed E-state index contributed by atoms with van der Waals surface area (Å²) >= 11 is 3.49. The van der Waals surface area contributed by atoms with Crippen LogP contribution < -0.4 is 10.5 Å². The molecule has 1 unspecified atom stereocenters. The molecule has 1 aliphatic heterocycles. The third-order valence-electron chi connectivity index (χ3n) is 3.47. The fourth-order valence-electron chi connectivity index (χ4n) is 2.38. The highest BCUT2D eigenvalue weighted by Crippen LogP contribution is 2.33. The van der Waals surface area contributed by atoms with Gasteiger partial charge in [-0.25, -0.2) is 0 Å². The number of fused-ring (bicyclic) bond motifs is 1. The molecule has 1 heterocycles. The number of benzene rings is 1. The molecular formula is C15H20BrNO2. The molecule has 3 nitrogen and oxygen atoms in total. The first-order valence-electron chi connectivity index (χ1n) is 6.84. The van der Waals surface area contributed by atoms with Crippen LogP contribution in [0, 0.1) is 0 Å². The Morgan fingerprint density at radius 1 is 1.53 bits per heavy atom. The second-order valence-corrected chi connectivity index (χ2v) is 5.96. The number of unbranched alkanes of at least 4 members (excludes halogenated alkanes) is 1. The molecule has 1 atom stereocenters. The van der Waals surface area contributed by atoms with Crippen LogP contribution in [-0.2, 0) is 17.6 Å². The molecule has 0 saturated heterocycles. The highest BCUT2D eigenvalue weighted by molar-refractivity contribution is 9.10. The number of carbonyl (C=O) groups is 1. The van der Waals surface area contributed by atoms with Crippen molar-refractivity contribution in [2.75, 3.05) is 6.61 Å². The van der Waals surface area contributed by atoms with E-state index in [-0.39, 0.29) is 11.8 Å². The predicted molar refractivity (Wildman–Crippen MR) is 79.6 cm³/mol. The van der Waals surface area contributed by atoms with Crippen LogP contribution in [0.5, 0.6) is 5.75 Å². The smallest absolute Gasteiger partial charge is 0.154 e. The monoisotopic (exact) mass is 325 g/mol. The van der Waals surface area contributed by atoms with E-state index in [0.29, 0.717) is 13.0 Å². The van der Waals surface area contributed by atoms with Gasteiger partial charge >= 0.3 is 0 Å². The molecular weight excluding hydrogens is 306 g/mol. The Morgan fingerprint density at radius 2 is 2.32 bits per heavy atom. The van der Waals surface area contributed by atoms with Crippen LogP contribution in [0.1, 0.15) is 37.3 Å². The lowest BCUT2D eigenvalue weighted by Crippen LogP contribution is -2.31. The highest BCUT2D eigenvalue weighted by Gasteiger charge is 2.21. The molecule has 1 aromatic carbocycles. The van der Waals surface area contributed by atoms with Crippen molar-refractivity contribution in [3.8, 4) is 5.75 Å². The van der Waals surface area contributed by atoms with Crippen LogP contribution in [0.3, 0.4) is 0 Å². The summed E-state index contributed by atoms with van der Waals surface area (Å²) in [5, 5.41) is 0. The molecule has 104 valence electrons. The molecule has 0 bridgehead atoms. The molecule has 1 aliphatic rings. The van der Waals surface area contributed by atoms with Gasteiger partial charge < -0.3 is 10.5 Å². The molecule has 4 heteroatoms. The van der Waals surface area contributed by atoms with Crippen LogP contribution >= 0.6 is 15.9 Å². The average molecular weight is 326 g/mol. The number of hydrogen-bond donors (Lipinski definition) is 1. The number of rotatable bonds is 6. The molecule has 0 spiro atoms. The molecule has 2 rings (SSSR count). The maximum absolute atomic E-state index is 12.1. The summed E-state index contributed by atoms with van der Waals surface area (Å²) in [6.45, 7) is 2.81. The van der Waals surface area contributed by atoms with Crippen molar-refractivity contribution in [2.45, 2.75) is 45.1 Å². The van der Waals surface area contributed by atoms with Gasteiger partial charge in [0.2, 0.25) is 0 Å². The lowest BCUT2D eigenvalue weighted by Gasteiger charge is -2.12.